The second-order valence-electron chi connectivity index (χ2n) is 5.07. The molecule has 1 N–H and O–H groups in total. The van der Waals surface area contributed by atoms with E-state index >= 15 is 0 Å². The Hall–Kier alpha value is -1.42. The van der Waals surface area contributed by atoms with E-state index in [1.165, 1.54) is 18.9 Å². The Morgan fingerprint density at radius 2 is 1.95 bits per heavy atom. The van der Waals surface area contributed by atoms with Crippen LogP contribution in [-0.4, -0.2) is 29.1 Å². The molecule has 0 amide bonds. The van der Waals surface area contributed by atoms with Crippen molar-refractivity contribution < 1.29 is 14.3 Å². The molecule has 0 aromatic heterocycles. The van der Waals surface area contributed by atoms with Crippen LogP contribution in [0.15, 0.2) is 24.3 Å². The molecule has 20 heavy (non-hydrogen) atoms. The monoisotopic (exact) mass is 281 g/mol. The molecule has 0 unspecified atom stereocenters. The molecule has 1 rings (SSSR count). The molecular formula is C16H24FNO2. The van der Waals surface area contributed by atoms with Gasteiger partial charge in [0.05, 0.1) is 6.42 Å². The smallest absolute Gasteiger partial charge is 0.304 e. The minimum absolute atomic E-state index is 0.0994. The highest BCUT2D eigenvalue weighted by Gasteiger charge is 2.10. The molecule has 0 fully saturated rings. The second-order valence-corrected chi connectivity index (χ2v) is 5.07. The summed E-state index contributed by atoms with van der Waals surface area (Å²) in [6, 6.07) is 6.68. The van der Waals surface area contributed by atoms with Crippen LogP contribution in [0, 0.1) is 5.82 Å². The largest absolute Gasteiger partial charge is 0.481 e. The van der Waals surface area contributed by atoms with E-state index in [1.54, 1.807) is 12.1 Å². The number of benzene rings is 1. The van der Waals surface area contributed by atoms with Crippen molar-refractivity contribution >= 4 is 5.97 Å². The lowest BCUT2D eigenvalue weighted by molar-refractivity contribution is -0.137. The first kappa shape index (κ1) is 16.6. The molecule has 3 nitrogen and oxygen atoms in total. The first-order chi connectivity index (χ1) is 9.63. The van der Waals surface area contributed by atoms with Crippen molar-refractivity contribution in [1.29, 1.82) is 0 Å². The first-order valence-electron chi connectivity index (χ1n) is 7.31. The summed E-state index contributed by atoms with van der Waals surface area (Å²) >= 11 is 0. The van der Waals surface area contributed by atoms with Gasteiger partial charge in [-0.05, 0) is 19.0 Å². The van der Waals surface area contributed by atoms with E-state index in [0.29, 0.717) is 18.7 Å². The Balaban J connectivity index is 2.52. The number of carboxylic acid groups (broad SMARTS) is 1. The van der Waals surface area contributed by atoms with Crippen molar-refractivity contribution in [1.82, 2.24) is 4.90 Å². The Morgan fingerprint density at radius 1 is 1.20 bits per heavy atom. The minimum Gasteiger partial charge on any atom is -0.481 e. The fourth-order valence-corrected chi connectivity index (χ4v) is 2.15. The van der Waals surface area contributed by atoms with Crippen LogP contribution in [0.1, 0.15) is 44.6 Å². The number of hydrogen-bond acceptors (Lipinski definition) is 2. The third-order valence-corrected chi connectivity index (χ3v) is 3.32. The summed E-state index contributed by atoms with van der Waals surface area (Å²) < 4.78 is 13.6. The molecule has 1 aromatic carbocycles. The molecular weight excluding hydrogens is 257 g/mol. The van der Waals surface area contributed by atoms with Gasteiger partial charge in [-0.15, -0.1) is 0 Å². The number of rotatable bonds is 10. The van der Waals surface area contributed by atoms with Gasteiger partial charge in [0.15, 0.2) is 0 Å². The molecule has 0 aliphatic heterocycles. The Kier molecular flexibility index (Phi) is 7.88. The predicted molar refractivity (Wildman–Crippen MR) is 78.1 cm³/mol. The van der Waals surface area contributed by atoms with Gasteiger partial charge in [-0.25, -0.2) is 4.39 Å². The van der Waals surface area contributed by atoms with Crippen LogP contribution in [0.2, 0.25) is 0 Å². The number of aliphatic carboxylic acids is 1. The van der Waals surface area contributed by atoms with E-state index in [0.717, 1.165) is 19.4 Å². The van der Waals surface area contributed by atoms with E-state index in [-0.39, 0.29) is 12.2 Å². The fourth-order valence-electron chi connectivity index (χ4n) is 2.15. The van der Waals surface area contributed by atoms with Crippen molar-refractivity contribution in [3.05, 3.63) is 35.6 Å². The maximum Gasteiger partial charge on any atom is 0.304 e. The number of carbonyl (C=O) groups is 1. The molecule has 0 atom stereocenters. The van der Waals surface area contributed by atoms with Crippen LogP contribution in [0.25, 0.3) is 0 Å². The standard InChI is InChI=1S/C16H24FNO2/c1-2-3-4-7-11-18(12-10-16(19)20)13-14-8-5-6-9-15(14)17/h5-6,8-9H,2-4,7,10-13H2,1H3,(H,19,20). The van der Waals surface area contributed by atoms with E-state index in [1.807, 2.05) is 11.0 Å². The minimum atomic E-state index is -0.808. The normalized spacial score (nSPS) is 10.9. The third-order valence-electron chi connectivity index (χ3n) is 3.32. The zero-order chi connectivity index (χ0) is 14.8. The number of nitrogens with zero attached hydrogens (tertiary/aromatic N) is 1. The Labute approximate surface area is 120 Å². The summed E-state index contributed by atoms with van der Waals surface area (Å²) in [6.45, 7) is 3.92. The molecule has 0 spiro atoms. The summed E-state index contributed by atoms with van der Waals surface area (Å²) in [5.41, 5.74) is 0.633. The Morgan fingerprint density at radius 3 is 2.60 bits per heavy atom. The van der Waals surface area contributed by atoms with Gasteiger partial charge in [-0.3, -0.25) is 9.69 Å². The summed E-state index contributed by atoms with van der Waals surface area (Å²) in [6.07, 6.45) is 4.62. The molecule has 4 heteroatoms. The quantitative estimate of drug-likeness (QED) is 0.665. The lowest BCUT2D eigenvalue weighted by atomic mass is 10.1. The van der Waals surface area contributed by atoms with Crippen LogP contribution in [0.3, 0.4) is 0 Å². The van der Waals surface area contributed by atoms with Crippen molar-refractivity contribution in [3.8, 4) is 0 Å². The Bertz CT molecular complexity index is 409. The number of unbranched alkanes of at least 4 members (excludes halogenated alkanes) is 3. The molecule has 112 valence electrons. The van der Waals surface area contributed by atoms with Crippen LogP contribution < -0.4 is 0 Å². The zero-order valence-corrected chi connectivity index (χ0v) is 12.1. The van der Waals surface area contributed by atoms with Crippen molar-refractivity contribution in [2.45, 2.75) is 45.6 Å². The topological polar surface area (TPSA) is 40.5 Å². The molecule has 1 aromatic rings. The molecule has 0 heterocycles. The fraction of sp³-hybridized carbons (Fsp3) is 0.562. The van der Waals surface area contributed by atoms with Crippen LogP contribution in [0.5, 0.6) is 0 Å². The van der Waals surface area contributed by atoms with Crippen LogP contribution in [-0.2, 0) is 11.3 Å². The van der Waals surface area contributed by atoms with Gasteiger partial charge in [0.1, 0.15) is 5.82 Å². The summed E-state index contributed by atoms with van der Waals surface area (Å²) in [5, 5.41) is 8.79. The zero-order valence-electron chi connectivity index (χ0n) is 12.1. The highest BCUT2D eigenvalue weighted by molar-refractivity contribution is 5.66. The van der Waals surface area contributed by atoms with Crippen molar-refractivity contribution in [2.24, 2.45) is 0 Å². The van der Waals surface area contributed by atoms with Crippen molar-refractivity contribution in [3.63, 3.8) is 0 Å². The highest BCUT2D eigenvalue weighted by atomic mass is 19.1. The predicted octanol–water partition coefficient (Wildman–Crippen LogP) is 3.68. The van der Waals surface area contributed by atoms with Gasteiger partial charge in [0, 0.05) is 18.7 Å². The van der Waals surface area contributed by atoms with Crippen LogP contribution in [0.4, 0.5) is 4.39 Å². The van der Waals surface area contributed by atoms with Gasteiger partial charge in [-0.2, -0.15) is 0 Å². The summed E-state index contributed by atoms with van der Waals surface area (Å²) in [5.74, 6) is -1.03. The maximum atomic E-state index is 13.6. The number of hydrogen-bond donors (Lipinski definition) is 1. The van der Waals surface area contributed by atoms with Gasteiger partial charge in [0.2, 0.25) is 0 Å². The average Bonchev–Trinajstić information content (AvgIpc) is 2.42. The lowest BCUT2D eigenvalue weighted by Crippen LogP contribution is -2.27. The SMILES string of the molecule is CCCCCCN(CCC(=O)O)Cc1ccccc1F. The van der Waals surface area contributed by atoms with E-state index in [9.17, 15) is 9.18 Å². The second kappa shape index (κ2) is 9.48. The lowest BCUT2D eigenvalue weighted by Gasteiger charge is -2.22. The molecule has 0 bridgehead atoms. The summed E-state index contributed by atoms with van der Waals surface area (Å²) in [7, 11) is 0. The number of carboxylic acids is 1. The van der Waals surface area contributed by atoms with Gasteiger partial charge in [0.25, 0.3) is 0 Å². The molecule has 0 aliphatic carbocycles. The van der Waals surface area contributed by atoms with Gasteiger partial charge in [-0.1, -0.05) is 44.4 Å². The van der Waals surface area contributed by atoms with E-state index in [2.05, 4.69) is 6.92 Å². The van der Waals surface area contributed by atoms with Gasteiger partial charge < -0.3 is 5.11 Å². The average molecular weight is 281 g/mol. The van der Waals surface area contributed by atoms with Gasteiger partial charge >= 0.3 is 5.97 Å². The number of halogens is 1. The first-order valence-corrected chi connectivity index (χ1v) is 7.31. The highest BCUT2D eigenvalue weighted by Crippen LogP contribution is 2.11. The summed E-state index contributed by atoms with van der Waals surface area (Å²) in [4.78, 5) is 12.7. The molecule has 0 radical (unpaired) electrons. The molecule has 0 aliphatic rings. The molecule has 0 saturated heterocycles. The van der Waals surface area contributed by atoms with Crippen molar-refractivity contribution in [2.75, 3.05) is 13.1 Å². The van der Waals surface area contributed by atoms with Crippen LogP contribution >= 0.6 is 0 Å². The van der Waals surface area contributed by atoms with E-state index in [4.69, 9.17) is 5.11 Å². The third kappa shape index (κ3) is 6.66. The molecule has 0 saturated carbocycles. The maximum absolute atomic E-state index is 13.6. The van der Waals surface area contributed by atoms with E-state index < -0.39 is 5.97 Å².